The van der Waals surface area contributed by atoms with E-state index in [1.165, 1.54) is 22.8 Å². The predicted molar refractivity (Wildman–Crippen MR) is 126 cm³/mol. The van der Waals surface area contributed by atoms with Crippen LogP contribution in [0.15, 0.2) is 61.9 Å². The van der Waals surface area contributed by atoms with Crippen molar-refractivity contribution in [2.24, 2.45) is 4.99 Å². The number of furan rings is 1. The molecule has 0 saturated heterocycles. The molecule has 0 radical (unpaired) electrons. The van der Waals surface area contributed by atoms with Gasteiger partial charge in [-0.1, -0.05) is 49.4 Å². The van der Waals surface area contributed by atoms with Crippen LogP contribution in [0, 0.1) is 10.1 Å². The molecule has 0 fully saturated rings. The van der Waals surface area contributed by atoms with Gasteiger partial charge in [0.25, 0.3) is 5.56 Å². The number of aromatic nitrogens is 1. The maximum atomic E-state index is 13.5. The zero-order chi connectivity index (χ0) is 24.6. The molecule has 176 valence electrons. The summed E-state index contributed by atoms with van der Waals surface area (Å²) < 4.78 is 12.2. The number of allylic oxidation sites excluding steroid dienone is 1. The van der Waals surface area contributed by atoms with E-state index in [2.05, 4.69) is 18.8 Å². The molecule has 1 aliphatic rings. The van der Waals surface area contributed by atoms with Gasteiger partial charge in [0.1, 0.15) is 10.7 Å². The third kappa shape index (κ3) is 4.24. The van der Waals surface area contributed by atoms with Gasteiger partial charge >= 0.3 is 11.9 Å². The molecule has 0 aliphatic carbocycles. The normalized spacial score (nSPS) is 15.9. The molecular formula is C24H23N3O6S. The molecule has 0 N–H and O–H groups in total. The summed E-state index contributed by atoms with van der Waals surface area (Å²) in [5, 5.41) is 10.9. The van der Waals surface area contributed by atoms with Crippen molar-refractivity contribution in [3.63, 3.8) is 0 Å². The van der Waals surface area contributed by atoms with E-state index in [1.807, 2.05) is 24.3 Å². The average molecular weight is 482 g/mol. The molecule has 0 amide bonds. The quantitative estimate of drug-likeness (QED) is 0.303. The van der Waals surface area contributed by atoms with Crippen molar-refractivity contribution in [1.29, 1.82) is 0 Å². The first-order valence-corrected chi connectivity index (χ1v) is 11.6. The Balaban J connectivity index is 1.91. The van der Waals surface area contributed by atoms with Gasteiger partial charge in [-0.25, -0.2) is 9.79 Å². The minimum atomic E-state index is -0.718. The van der Waals surface area contributed by atoms with Gasteiger partial charge in [0, 0.05) is 6.08 Å². The molecule has 1 aliphatic heterocycles. The summed E-state index contributed by atoms with van der Waals surface area (Å²) in [5.74, 6) is -0.438. The monoisotopic (exact) mass is 481 g/mol. The third-order valence-electron chi connectivity index (χ3n) is 5.50. The van der Waals surface area contributed by atoms with E-state index in [9.17, 15) is 19.7 Å². The van der Waals surface area contributed by atoms with Crippen molar-refractivity contribution in [1.82, 2.24) is 4.57 Å². The van der Waals surface area contributed by atoms with Crippen molar-refractivity contribution < 1.29 is 18.9 Å². The van der Waals surface area contributed by atoms with Gasteiger partial charge in [0.05, 0.1) is 34.5 Å². The number of carbonyl (C=O) groups excluding carboxylic acids is 1. The lowest BCUT2D eigenvalue weighted by Gasteiger charge is -2.25. The van der Waals surface area contributed by atoms with Crippen LogP contribution < -0.4 is 14.9 Å². The smallest absolute Gasteiger partial charge is 0.433 e. The predicted octanol–water partition coefficient (Wildman–Crippen LogP) is 3.42. The van der Waals surface area contributed by atoms with E-state index in [0.717, 1.165) is 22.5 Å². The van der Waals surface area contributed by atoms with Crippen molar-refractivity contribution in [2.75, 3.05) is 6.61 Å². The Bertz CT molecular complexity index is 1470. The highest BCUT2D eigenvalue weighted by atomic mass is 32.1. The van der Waals surface area contributed by atoms with E-state index in [0.29, 0.717) is 22.0 Å². The summed E-state index contributed by atoms with van der Waals surface area (Å²) in [7, 11) is 0. The van der Waals surface area contributed by atoms with Crippen LogP contribution in [0.4, 0.5) is 5.88 Å². The molecule has 1 atom stereocenters. The second-order valence-electron chi connectivity index (χ2n) is 8.06. The lowest BCUT2D eigenvalue weighted by molar-refractivity contribution is -0.402. The maximum Gasteiger partial charge on any atom is 0.433 e. The van der Waals surface area contributed by atoms with Crippen molar-refractivity contribution in [2.45, 2.75) is 39.7 Å². The summed E-state index contributed by atoms with van der Waals surface area (Å²) in [6.07, 6.45) is 1.44. The SMILES string of the molecule is CCOC(=O)C1=C(C)N=c2s/c(=C\c3ccc([N+](=O)[O-])o3)c(=O)n2[C@@H]1c1ccc(C(C)C)cc1. The van der Waals surface area contributed by atoms with Crippen LogP contribution in [-0.2, 0) is 9.53 Å². The van der Waals surface area contributed by atoms with Gasteiger partial charge in [0.2, 0.25) is 0 Å². The molecule has 3 aromatic rings. The number of benzene rings is 1. The molecule has 10 heteroatoms. The van der Waals surface area contributed by atoms with Gasteiger partial charge in [0.15, 0.2) is 4.80 Å². The number of nitro groups is 1. The molecule has 1 aromatic carbocycles. The number of hydrogen-bond donors (Lipinski definition) is 0. The first kappa shape index (κ1) is 23.4. The number of esters is 1. The Morgan fingerprint density at radius 2 is 2.00 bits per heavy atom. The molecule has 0 saturated carbocycles. The Morgan fingerprint density at radius 1 is 1.29 bits per heavy atom. The second kappa shape index (κ2) is 9.22. The number of hydrogen-bond acceptors (Lipinski definition) is 8. The average Bonchev–Trinajstić information content (AvgIpc) is 3.38. The zero-order valence-corrected chi connectivity index (χ0v) is 19.9. The Hall–Kier alpha value is -3.79. The van der Waals surface area contributed by atoms with Crippen molar-refractivity contribution >= 4 is 29.3 Å². The fourth-order valence-corrected chi connectivity index (χ4v) is 4.84. The summed E-state index contributed by atoms with van der Waals surface area (Å²) in [5.41, 5.74) is 2.27. The number of ether oxygens (including phenoxy) is 1. The molecule has 0 unspecified atom stereocenters. The maximum absolute atomic E-state index is 13.5. The van der Waals surface area contributed by atoms with Crippen LogP contribution in [0.2, 0.25) is 0 Å². The standard InChI is InChI=1S/C24H23N3O6S/c1-5-32-23(29)20-14(4)25-24-26(21(20)16-8-6-15(7-9-16)13(2)3)22(28)18(34-24)12-17-10-11-19(33-17)27(30)31/h6-13,21H,5H2,1-4H3/b18-12-/t21-/m1/s1. The Kier molecular flexibility index (Phi) is 6.34. The minimum absolute atomic E-state index is 0.177. The number of carbonyl (C=O) groups is 1. The van der Waals surface area contributed by atoms with Gasteiger partial charge < -0.3 is 9.15 Å². The molecule has 34 heavy (non-hydrogen) atoms. The van der Waals surface area contributed by atoms with Crippen molar-refractivity contribution in [3.8, 4) is 0 Å². The number of rotatable bonds is 6. The summed E-state index contributed by atoms with van der Waals surface area (Å²) >= 11 is 1.12. The number of thiazole rings is 1. The lowest BCUT2D eigenvalue weighted by Crippen LogP contribution is -2.39. The van der Waals surface area contributed by atoms with Crippen LogP contribution in [-0.4, -0.2) is 22.1 Å². The topological polar surface area (TPSA) is 117 Å². The second-order valence-corrected chi connectivity index (χ2v) is 9.07. The Labute approximate surface area is 198 Å². The highest BCUT2D eigenvalue weighted by molar-refractivity contribution is 7.07. The fourth-order valence-electron chi connectivity index (χ4n) is 3.82. The van der Waals surface area contributed by atoms with Crippen LogP contribution in [0.3, 0.4) is 0 Å². The van der Waals surface area contributed by atoms with Crippen LogP contribution in [0.25, 0.3) is 6.08 Å². The lowest BCUT2D eigenvalue weighted by atomic mass is 9.93. The summed E-state index contributed by atoms with van der Waals surface area (Å²) in [6.45, 7) is 7.80. The van der Waals surface area contributed by atoms with E-state index >= 15 is 0 Å². The van der Waals surface area contributed by atoms with Crippen molar-refractivity contribution in [3.05, 3.63) is 94.4 Å². The fraction of sp³-hybridized carbons (Fsp3) is 0.292. The van der Waals surface area contributed by atoms with E-state index < -0.39 is 22.8 Å². The molecule has 9 nitrogen and oxygen atoms in total. The van der Waals surface area contributed by atoms with Gasteiger partial charge in [-0.2, -0.15) is 0 Å². The molecule has 0 bridgehead atoms. The highest BCUT2D eigenvalue weighted by Gasteiger charge is 2.33. The van der Waals surface area contributed by atoms with Crippen LogP contribution in [0.5, 0.6) is 0 Å². The number of nitrogens with zero attached hydrogens (tertiary/aromatic N) is 3. The highest BCUT2D eigenvalue weighted by Crippen LogP contribution is 2.31. The molecule has 4 rings (SSSR count). The first-order valence-electron chi connectivity index (χ1n) is 10.7. The third-order valence-corrected chi connectivity index (χ3v) is 6.48. The van der Waals surface area contributed by atoms with E-state index in [4.69, 9.17) is 9.15 Å². The van der Waals surface area contributed by atoms with Gasteiger partial charge in [-0.15, -0.1) is 0 Å². The molecule has 0 spiro atoms. The van der Waals surface area contributed by atoms with Gasteiger partial charge in [-0.05, 0) is 37.0 Å². The van der Waals surface area contributed by atoms with E-state index in [-0.39, 0.29) is 22.5 Å². The van der Waals surface area contributed by atoms with E-state index in [1.54, 1.807) is 13.8 Å². The molecule has 2 aromatic heterocycles. The van der Waals surface area contributed by atoms with Gasteiger partial charge in [-0.3, -0.25) is 19.5 Å². The zero-order valence-electron chi connectivity index (χ0n) is 19.1. The largest absolute Gasteiger partial charge is 0.463 e. The van der Waals surface area contributed by atoms with Crippen LogP contribution in [0.1, 0.15) is 56.5 Å². The summed E-state index contributed by atoms with van der Waals surface area (Å²) in [4.78, 5) is 41.6. The Morgan fingerprint density at radius 3 is 2.59 bits per heavy atom. The molecular weight excluding hydrogens is 458 g/mol. The summed E-state index contributed by atoms with van der Waals surface area (Å²) in [6, 6.07) is 9.71. The number of fused-ring (bicyclic) bond motifs is 1. The minimum Gasteiger partial charge on any atom is -0.463 e. The molecule has 3 heterocycles. The van der Waals surface area contributed by atoms with Crippen LogP contribution >= 0.6 is 11.3 Å². The first-order chi connectivity index (χ1) is 16.2.